The first-order valence-corrected chi connectivity index (χ1v) is 27.7. The number of aliphatic hydroxyl groups is 2. The van der Waals surface area contributed by atoms with E-state index in [1.165, 1.54) is 276 Å². The molecular formula is C55H111NO3. The molecule has 0 aliphatic rings. The normalized spacial score (nSPS) is 12.7. The van der Waals surface area contributed by atoms with Gasteiger partial charge in [0.2, 0.25) is 5.91 Å². The first-order chi connectivity index (χ1) is 29.2. The third kappa shape index (κ3) is 48.3. The Morgan fingerprint density at radius 1 is 0.339 bits per heavy atom. The van der Waals surface area contributed by atoms with Gasteiger partial charge in [-0.05, 0) is 12.8 Å². The number of hydrogen-bond donors (Lipinski definition) is 3. The first-order valence-electron chi connectivity index (χ1n) is 27.7. The maximum atomic E-state index is 12.5. The van der Waals surface area contributed by atoms with E-state index in [1.807, 2.05) is 0 Å². The summed E-state index contributed by atoms with van der Waals surface area (Å²) in [5.74, 6) is -0.0225. The van der Waals surface area contributed by atoms with Crippen molar-refractivity contribution in [3.8, 4) is 0 Å². The zero-order valence-corrected chi connectivity index (χ0v) is 40.8. The average molecular weight is 834 g/mol. The molecule has 0 unspecified atom stereocenters. The average Bonchev–Trinajstić information content (AvgIpc) is 3.24. The molecule has 0 spiro atoms. The van der Waals surface area contributed by atoms with Crippen LogP contribution in [-0.2, 0) is 4.79 Å². The molecule has 354 valence electrons. The van der Waals surface area contributed by atoms with Gasteiger partial charge in [0.05, 0.1) is 18.8 Å². The second kappa shape index (κ2) is 51.7. The fraction of sp³-hybridized carbons (Fsp3) is 0.982. The fourth-order valence-electron chi connectivity index (χ4n) is 9.13. The number of carbonyl (C=O) groups excluding carboxylic acids is 1. The summed E-state index contributed by atoms with van der Waals surface area (Å²) in [6.07, 6.45) is 65.2. The van der Waals surface area contributed by atoms with Crippen LogP contribution in [0.4, 0.5) is 0 Å². The van der Waals surface area contributed by atoms with E-state index >= 15 is 0 Å². The van der Waals surface area contributed by atoms with Crippen molar-refractivity contribution in [2.75, 3.05) is 6.61 Å². The highest BCUT2D eigenvalue weighted by atomic mass is 16.3. The molecule has 0 aliphatic carbocycles. The van der Waals surface area contributed by atoms with Crippen molar-refractivity contribution in [3.05, 3.63) is 0 Å². The molecule has 59 heavy (non-hydrogen) atoms. The minimum absolute atomic E-state index is 0.0225. The van der Waals surface area contributed by atoms with Gasteiger partial charge in [0.1, 0.15) is 0 Å². The van der Waals surface area contributed by atoms with Crippen molar-refractivity contribution in [1.29, 1.82) is 0 Å². The van der Waals surface area contributed by atoms with Gasteiger partial charge in [-0.1, -0.05) is 309 Å². The van der Waals surface area contributed by atoms with E-state index in [1.54, 1.807) is 0 Å². The van der Waals surface area contributed by atoms with Crippen LogP contribution in [0.3, 0.4) is 0 Å². The topological polar surface area (TPSA) is 69.6 Å². The molecule has 4 nitrogen and oxygen atoms in total. The molecule has 0 aliphatic heterocycles. The van der Waals surface area contributed by atoms with Crippen LogP contribution in [0.1, 0.15) is 328 Å². The first kappa shape index (κ1) is 58.4. The Kier molecular flexibility index (Phi) is 51.2. The predicted molar refractivity (Wildman–Crippen MR) is 263 cm³/mol. The van der Waals surface area contributed by atoms with Crippen LogP contribution in [0.25, 0.3) is 0 Å². The van der Waals surface area contributed by atoms with Crippen molar-refractivity contribution in [2.45, 2.75) is 341 Å². The molecule has 4 heteroatoms. The van der Waals surface area contributed by atoms with Crippen LogP contribution < -0.4 is 5.32 Å². The summed E-state index contributed by atoms with van der Waals surface area (Å²) in [7, 11) is 0. The molecule has 0 aromatic heterocycles. The van der Waals surface area contributed by atoms with Gasteiger partial charge in [-0.15, -0.1) is 0 Å². The van der Waals surface area contributed by atoms with E-state index in [2.05, 4.69) is 19.2 Å². The largest absolute Gasteiger partial charge is 0.394 e. The molecule has 0 fully saturated rings. The summed E-state index contributed by atoms with van der Waals surface area (Å²) in [4.78, 5) is 12.5. The quantitative estimate of drug-likeness (QED) is 0.0535. The van der Waals surface area contributed by atoms with Crippen LogP contribution in [0.2, 0.25) is 0 Å². The lowest BCUT2D eigenvalue weighted by molar-refractivity contribution is -0.123. The van der Waals surface area contributed by atoms with Crippen molar-refractivity contribution in [1.82, 2.24) is 5.32 Å². The van der Waals surface area contributed by atoms with Gasteiger partial charge in [0, 0.05) is 6.42 Å². The smallest absolute Gasteiger partial charge is 0.220 e. The van der Waals surface area contributed by atoms with Crippen LogP contribution in [-0.4, -0.2) is 34.9 Å². The Morgan fingerprint density at radius 2 is 0.542 bits per heavy atom. The minimum atomic E-state index is -0.654. The Balaban J connectivity index is 3.38. The minimum Gasteiger partial charge on any atom is -0.394 e. The van der Waals surface area contributed by atoms with E-state index in [4.69, 9.17) is 0 Å². The second-order valence-electron chi connectivity index (χ2n) is 19.4. The maximum Gasteiger partial charge on any atom is 0.220 e. The van der Waals surface area contributed by atoms with Crippen LogP contribution in [0.15, 0.2) is 0 Å². The number of rotatable bonds is 52. The molecule has 0 saturated heterocycles. The van der Waals surface area contributed by atoms with Crippen molar-refractivity contribution in [3.63, 3.8) is 0 Å². The third-order valence-corrected chi connectivity index (χ3v) is 13.4. The zero-order valence-electron chi connectivity index (χ0n) is 40.8. The Hall–Kier alpha value is -0.610. The van der Waals surface area contributed by atoms with Crippen LogP contribution in [0, 0.1) is 0 Å². The number of carbonyl (C=O) groups is 1. The fourth-order valence-corrected chi connectivity index (χ4v) is 9.13. The molecule has 3 N–H and O–H groups in total. The molecule has 2 atom stereocenters. The van der Waals surface area contributed by atoms with Crippen LogP contribution in [0.5, 0.6) is 0 Å². The van der Waals surface area contributed by atoms with Crippen molar-refractivity contribution < 1.29 is 15.0 Å². The standard InChI is InChI=1S/C55H111NO3/c1-3-5-7-9-11-13-15-17-19-21-22-23-24-25-26-27-28-29-30-31-32-33-35-37-39-41-43-45-47-49-51-55(59)56-53(52-57)54(58)50-48-46-44-42-40-38-36-34-20-18-16-14-12-10-8-6-4-2/h53-54,57-58H,3-52H2,1-2H3,(H,56,59)/t53-,54+/m0/s1. The molecular weight excluding hydrogens is 723 g/mol. The number of nitrogens with one attached hydrogen (secondary N) is 1. The summed E-state index contributed by atoms with van der Waals surface area (Å²) < 4.78 is 0. The van der Waals surface area contributed by atoms with Crippen LogP contribution >= 0.6 is 0 Å². The highest BCUT2D eigenvalue weighted by molar-refractivity contribution is 5.76. The number of unbranched alkanes of at least 4 members (excludes halogenated alkanes) is 45. The van der Waals surface area contributed by atoms with Gasteiger partial charge in [-0.25, -0.2) is 0 Å². The number of hydrogen-bond acceptors (Lipinski definition) is 3. The Bertz CT molecular complexity index is 773. The van der Waals surface area contributed by atoms with E-state index in [9.17, 15) is 15.0 Å². The Morgan fingerprint density at radius 3 is 0.763 bits per heavy atom. The van der Waals surface area contributed by atoms with Gasteiger partial charge in [0.15, 0.2) is 0 Å². The summed E-state index contributed by atoms with van der Waals surface area (Å²) in [5, 5.41) is 23.3. The second-order valence-corrected chi connectivity index (χ2v) is 19.4. The highest BCUT2D eigenvalue weighted by Gasteiger charge is 2.20. The van der Waals surface area contributed by atoms with E-state index in [0.717, 1.165) is 25.7 Å². The third-order valence-electron chi connectivity index (χ3n) is 13.4. The van der Waals surface area contributed by atoms with E-state index in [-0.39, 0.29) is 12.5 Å². The van der Waals surface area contributed by atoms with Gasteiger partial charge < -0.3 is 15.5 Å². The highest BCUT2D eigenvalue weighted by Crippen LogP contribution is 2.18. The van der Waals surface area contributed by atoms with Gasteiger partial charge in [0.25, 0.3) is 0 Å². The summed E-state index contributed by atoms with van der Waals surface area (Å²) in [6.45, 7) is 4.40. The molecule has 0 aromatic carbocycles. The molecule has 0 rings (SSSR count). The number of aliphatic hydroxyl groups excluding tert-OH is 2. The molecule has 1 amide bonds. The van der Waals surface area contributed by atoms with Crippen molar-refractivity contribution in [2.24, 2.45) is 0 Å². The number of amides is 1. The lowest BCUT2D eigenvalue weighted by Crippen LogP contribution is -2.45. The SMILES string of the molecule is CCCCCCCCCCCCCCCCCCCCCCCCCCCCCCCCC(=O)N[C@@H](CO)[C@H](O)CCCCCCCCCCCCCCCCCCC. The lowest BCUT2D eigenvalue weighted by Gasteiger charge is -2.22. The van der Waals surface area contributed by atoms with Gasteiger partial charge in [-0.3, -0.25) is 4.79 Å². The summed E-state index contributed by atoms with van der Waals surface area (Å²) in [6, 6.07) is -0.530. The Labute approximate surface area is 372 Å². The monoisotopic (exact) mass is 834 g/mol. The van der Waals surface area contributed by atoms with E-state index in [0.29, 0.717) is 12.8 Å². The summed E-state index contributed by atoms with van der Waals surface area (Å²) in [5.41, 5.74) is 0. The van der Waals surface area contributed by atoms with Gasteiger partial charge >= 0.3 is 0 Å². The van der Waals surface area contributed by atoms with Gasteiger partial charge in [-0.2, -0.15) is 0 Å². The molecule has 0 aromatic rings. The molecule has 0 bridgehead atoms. The molecule has 0 radical (unpaired) electrons. The lowest BCUT2D eigenvalue weighted by atomic mass is 10.0. The molecule has 0 saturated carbocycles. The predicted octanol–water partition coefficient (Wildman–Crippen LogP) is 18.0. The van der Waals surface area contributed by atoms with E-state index < -0.39 is 12.1 Å². The molecule has 0 heterocycles. The zero-order chi connectivity index (χ0) is 42.8. The summed E-state index contributed by atoms with van der Waals surface area (Å²) >= 11 is 0. The van der Waals surface area contributed by atoms with Crippen molar-refractivity contribution >= 4 is 5.91 Å². The maximum absolute atomic E-state index is 12.5.